The molecule has 2 atom stereocenters. The molecule has 3 rings (SSSR count). The number of carbonyl (C=O) groups is 2. The predicted octanol–water partition coefficient (Wildman–Crippen LogP) is 0.138. The second-order valence-electron chi connectivity index (χ2n) is 5.12. The number of amides is 1. The van der Waals surface area contributed by atoms with E-state index >= 15 is 0 Å². The Bertz CT molecular complexity index is 786. The lowest BCUT2D eigenvalue weighted by Gasteiger charge is -2.17. The van der Waals surface area contributed by atoms with E-state index in [1.165, 1.54) is 28.6 Å². The highest BCUT2D eigenvalue weighted by atomic mass is 32.2. The Morgan fingerprint density at radius 1 is 1.43 bits per heavy atom. The van der Waals surface area contributed by atoms with Gasteiger partial charge in [-0.15, -0.1) is 5.10 Å². The lowest BCUT2D eigenvalue weighted by molar-refractivity contribution is -0.127. The molecule has 1 N–H and O–H groups in total. The van der Waals surface area contributed by atoms with Crippen molar-refractivity contribution in [2.24, 2.45) is 0 Å². The molecular weight excluding hydrogens is 318 g/mol. The van der Waals surface area contributed by atoms with Crippen LogP contribution in [0.15, 0.2) is 35.4 Å². The van der Waals surface area contributed by atoms with Gasteiger partial charge in [-0.3, -0.25) is 14.4 Å². The number of carbonyl (C=O) groups excluding carboxylic acids is 2. The number of aromatic nitrogens is 4. The van der Waals surface area contributed by atoms with Gasteiger partial charge in [0.2, 0.25) is 11.0 Å². The fourth-order valence-corrected chi connectivity index (χ4v) is 3.18. The molecule has 1 saturated heterocycles. The second kappa shape index (κ2) is 6.37. The molecule has 8 nitrogen and oxygen atoms in total. The van der Waals surface area contributed by atoms with E-state index in [1.54, 1.807) is 25.4 Å². The van der Waals surface area contributed by atoms with Crippen LogP contribution in [0.25, 0.3) is 5.82 Å². The maximum absolute atomic E-state index is 12.3. The van der Waals surface area contributed by atoms with Gasteiger partial charge in [0.15, 0.2) is 5.82 Å². The number of rotatable bonds is 4. The Kier molecular flexibility index (Phi) is 4.28. The molecule has 0 aromatic carbocycles. The molecule has 3 heterocycles. The van der Waals surface area contributed by atoms with E-state index in [1.807, 2.05) is 0 Å². The minimum Gasteiger partial charge on any atom is -0.343 e. The monoisotopic (exact) mass is 333 g/mol. The number of nitrogens with one attached hydrogen (secondary N) is 1. The van der Waals surface area contributed by atoms with Crippen LogP contribution >= 0.6 is 11.8 Å². The summed E-state index contributed by atoms with van der Waals surface area (Å²) in [7, 11) is 0. The van der Waals surface area contributed by atoms with Crippen LogP contribution in [-0.2, 0) is 9.59 Å². The van der Waals surface area contributed by atoms with Gasteiger partial charge in [-0.05, 0) is 25.5 Å². The van der Waals surface area contributed by atoms with E-state index in [9.17, 15) is 14.4 Å². The summed E-state index contributed by atoms with van der Waals surface area (Å²) in [4.78, 5) is 35.9. The minimum atomic E-state index is -0.823. The highest BCUT2D eigenvalue weighted by Gasteiger charge is 2.29. The zero-order valence-electron chi connectivity index (χ0n) is 12.4. The summed E-state index contributed by atoms with van der Waals surface area (Å²) in [6.07, 6.45) is 3.89. The molecule has 0 saturated carbocycles. The van der Waals surface area contributed by atoms with Crippen molar-refractivity contribution in [1.29, 1.82) is 0 Å². The van der Waals surface area contributed by atoms with Gasteiger partial charge in [0.05, 0.1) is 6.04 Å². The number of nitrogens with zero attached hydrogens (tertiary/aromatic N) is 4. The van der Waals surface area contributed by atoms with Crippen LogP contribution < -0.4 is 10.9 Å². The Hall–Kier alpha value is -2.42. The Balaban J connectivity index is 1.82. The zero-order chi connectivity index (χ0) is 16.4. The second-order valence-corrected chi connectivity index (χ2v) is 6.22. The van der Waals surface area contributed by atoms with Gasteiger partial charge in [0.25, 0.3) is 5.56 Å². The summed E-state index contributed by atoms with van der Waals surface area (Å²) in [6.45, 7) is 1.57. The van der Waals surface area contributed by atoms with Gasteiger partial charge < -0.3 is 5.32 Å². The Morgan fingerprint density at radius 3 is 2.91 bits per heavy atom. The Morgan fingerprint density at radius 2 is 2.26 bits per heavy atom. The lowest BCUT2D eigenvalue weighted by Crippen LogP contribution is -2.43. The van der Waals surface area contributed by atoms with Crippen LogP contribution in [0.5, 0.6) is 0 Å². The van der Waals surface area contributed by atoms with Crippen molar-refractivity contribution in [3.63, 3.8) is 0 Å². The average molecular weight is 333 g/mol. The summed E-state index contributed by atoms with van der Waals surface area (Å²) < 4.78 is 2.59. The van der Waals surface area contributed by atoms with Crippen LogP contribution in [0.1, 0.15) is 19.4 Å². The third-order valence-corrected chi connectivity index (χ3v) is 4.56. The first-order chi connectivity index (χ1) is 11.1. The maximum atomic E-state index is 12.3. The molecule has 0 unspecified atom stereocenters. The molecular formula is C14H15N5O3S. The van der Waals surface area contributed by atoms with Crippen LogP contribution in [0.4, 0.5) is 0 Å². The van der Waals surface area contributed by atoms with Crippen molar-refractivity contribution in [2.45, 2.75) is 25.4 Å². The van der Waals surface area contributed by atoms with Gasteiger partial charge in [-0.2, -0.15) is 5.10 Å². The normalized spacial score (nSPS) is 18.8. The van der Waals surface area contributed by atoms with Crippen LogP contribution in [0.3, 0.4) is 0 Å². The largest absolute Gasteiger partial charge is 0.343 e. The summed E-state index contributed by atoms with van der Waals surface area (Å²) in [6, 6.07) is 3.30. The van der Waals surface area contributed by atoms with E-state index in [0.29, 0.717) is 18.0 Å². The minimum absolute atomic E-state index is 0.0452. The molecule has 9 heteroatoms. The van der Waals surface area contributed by atoms with Gasteiger partial charge in [0.1, 0.15) is 6.04 Å². The van der Waals surface area contributed by atoms with Gasteiger partial charge in [-0.1, -0.05) is 11.8 Å². The third-order valence-electron chi connectivity index (χ3n) is 3.55. The molecule has 0 spiro atoms. The molecule has 1 aliphatic rings. The van der Waals surface area contributed by atoms with Crippen molar-refractivity contribution in [3.05, 3.63) is 40.9 Å². The summed E-state index contributed by atoms with van der Waals surface area (Å²) >= 11 is 1.21. The molecule has 1 fully saturated rings. The van der Waals surface area contributed by atoms with Crippen LogP contribution in [0, 0.1) is 0 Å². The average Bonchev–Trinajstić information content (AvgIpc) is 3.20. The molecule has 0 bridgehead atoms. The highest BCUT2D eigenvalue weighted by Crippen LogP contribution is 2.20. The van der Waals surface area contributed by atoms with Gasteiger partial charge >= 0.3 is 0 Å². The van der Waals surface area contributed by atoms with E-state index < -0.39 is 23.6 Å². The Labute approximate surface area is 135 Å². The van der Waals surface area contributed by atoms with E-state index in [0.717, 1.165) is 4.68 Å². The molecule has 1 amide bonds. The molecule has 2 aromatic heterocycles. The molecule has 23 heavy (non-hydrogen) atoms. The van der Waals surface area contributed by atoms with Gasteiger partial charge in [-0.25, -0.2) is 9.36 Å². The lowest BCUT2D eigenvalue weighted by atomic mass is 10.2. The van der Waals surface area contributed by atoms with Crippen molar-refractivity contribution in [3.8, 4) is 5.82 Å². The van der Waals surface area contributed by atoms with Crippen LogP contribution in [0.2, 0.25) is 0 Å². The SMILES string of the molecule is C[C@H](C(=O)N[C@@H]1CCSC1=O)n1nc(-n2cccn2)ccc1=O. The number of hydrogen-bond donors (Lipinski definition) is 1. The molecule has 0 radical (unpaired) electrons. The fraction of sp³-hybridized carbons (Fsp3) is 0.357. The van der Waals surface area contributed by atoms with Crippen molar-refractivity contribution in [2.75, 3.05) is 5.75 Å². The molecule has 120 valence electrons. The van der Waals surface area contributed by atoms with E-state index in [-0.39, 0.29) is 5.12 Å². The first-order valence-corrected chi connectivity index (χ1v) is 8.12. The summed E-state index contributed by atoms with van der Waals surface area (Å²) in [5.74, 6) is 0.727. The quantitative estimate of drug-likeness (QED) is 0.854. The fourth-order valence-electron chi connectivity index (χ4n) is 2.25. The summed E-state index contributed by atoms with van der Waals surface area (Å²) in [5.41, 5.74) is -0.393. The van der Waals surface area contributed by atoms with Gasteiger partial charge in [0, 0.05) is 24.2 Å². The first-order valence-electron chi connectivity index (χ1n) is 7.13. The predicted molar refractivity (Wildman–Crippen MR) is 84.3 cm³/mol. The highest BCUT2D eigenvalue weighted by molar-refractivity contribution is 8.14. The topological polar surface area (TPSA) is 98.9 Å². The molecule has 1 aliphatic heterocycles. The smallest absolute Gasteiger partial charge is 0.267 e. The molecule has 0 aliphatic carbocycles. The van der Waals surface area contributed by atoms with Crippen LogP contribution in [-0.4, -0.2) is 42.4 Å². The standard InChI is InChI=1S/C14H15N5O3S/c1-9(13(21)16-10-5-8-23-14(10)22)19-12(20)4-3-11(17-19)18-7-2-6-15-18/h2-4,6-7,9-10H,5,8H2,1H3,(H,16,21)/t9-,10-/m1/s1. The first kappa shape index (κ1) is 15.5. The third kappa shape index (κ3) is 3.19. The van der Waals surface area contributed by atoms with Crippen molar-refractivity contribution >= 4 is 22.8 Å². The maximum Gasteiger partial charge on any atom is 0.267 e. The summed E-state index contributed by atoms with van der Waals surface area (Å²) in [5, 5.41) is 10.9. The number of thioether (sulfide) groups is 1. The zero-order valence-corrected chi connectivity index (χ0v) is 13.2. The molecule has 2 aromatic rings. The van der Waals surface area contributed by atoms with E-state index in [4.69, 9.17) is 0 Å². The van der Waals surface area contributed by atoms with Crippen molar-refractivity contribution in [1.82, 2.24) is 24.9 Å². The van der Waals surface area contributed by atoms with Crippen molar-refractivity contribution < 1.29 is 9.59 Å². The van der Waals surface area contributed by atoms with E-state index in [2.05, 4.69) is 15.5 Å². The number of hydrogen-bond acceptors (Lipinski definition) is 6.